The first-order valence-electron chi connectivity index (χ1n) is 7.75. The van der Waals surface area contributed by atoms with Crippen LogP contribution in [0.25, 0.3) is 11.3 Å². The molecule has 4 nitrogen and oxygen atoms in total. The second-order valence-electron chi connectivity index (χ2n) is 5.70. The number of benzene rings is 2. The van der Waals surface area contributed by atoms with E-state index in [1.54, 1.807) is 13.8 Å². The highest BCUT2D eigenvalue weighted by Gasteiger charge is 2.23. The Hall–Kier alpha value is -3.02. The number of aromatic nitrogens is 1. The topological polar surface area (TPSA) is 55.1 Å². The number of nitrogens with one attached hydrogen (secondary N) is 1. The Bertz CT molecular complexity index is 907. The predicted octanol–water partition coefficient (Wildman–Crippen LogP) is 4.42. The van der Waals surface area contributed by atoms with Gasteiger partial charge in [0.2, 0.25) is 0 Å². The molecule has 1 N–H and O–H groups in total. The third-order valence-electron chi connectivity index (χ3n) is 3.93. The molecule has 1 aromatic heterocycles. The zero-order chi connectivity index (χ0) is 18.0. The van der Waals surface area contributed by atoms with Gasteiger partial charge >= 0.3 is 0 Å². The van der Waals surface area contributed by atoms with E-state index in [1.165, 1.54) is 6.07 Å². The Morgan fingerprint density at radius 2 is 1.84 bits per heavy atom. The van der Waals surface area contributed by atoms with Gasteiger partial charge in [0.15, 0.2) is 11.6 Å². The van der Waals surface area contributed by atoms with Crippen LogP contribution in [0, 0.1) is 18.6 Å². The summed E-state index contributed by atoms with van der Waals surface area (Å²) in [7, 11) is 0. The quantitative estimate of drug-likeness (QED) is 0.764. The number of hydrogen-bond acceptors (Lipinski definition) is 3. The Kier molecular flexibility index (Phi) is 4.61. The van der Waals surface area contributed by atoms with E-state index in [-0.39, 0.29) is 0 Å². The summed E-state index contributed by atoms with van der Waals surface area (Å²) in [5, 5.41) is 6.74. The lowest BCUT2D eigenvalue weighted by atomic mass is 10.0. The van der Waals surface area contributed by atoms with Crippen LogP contribution >= 0.6 is 0 Å². The highest BCUT2D eigenvalue weighted by molar-refractivity contribution is 6.00. The van der Waals surface area contributed by atoms with E-state index in [1.807, 2.05) is 30.3 Å². The van der Waals surface area contributed by atoms with E-state index >= 15 is 0 Å². The van der Waals surface area contributed by atoms with E-state index in [9.17, 15) is 13.6 Å². The van der Waals surface area contributed by atoms with Crippen LogP contribution in [0.2, 0.25) is 0 Å². The maximum Gasteiger partial charge on any atom is 0.257 e. The molecule has 3 aromatic rings. The molecule has 1 unspecified atom stereocenters. The Balaban J connectivity index is 1.86. The van der Waals surface area contributed by atoms with Crippen molar-refractivity contribution in [1.29, 1.82) is 0 Å². The van der Waals surface area contributed by atoms with Crippen molar-refractivity contribution >= 4 is 5.91 Å². The summed E-state index contributed by atoms with van der Waals surface area (Å²) < 4.78 is 31.6. The first-order valence-corrected chi connectivity index (χ1v) is 7.75. The summed E-state index contributed by atoms with van der Waals surface area (Å²) in [5.74, 6) is -1.89. The zero-order valence-corrected chi connectivity index (χ0v) is 13.7. The number of carbonyl (C=O) groups is 1. The van der Waals surface area contributed by atoms with Crippen molar-refractivity contribution in [3.63, 3.8) is 0 Å². The molecule has 1 atom stereocenters. The summed E-state index contributed by atoms with van der Waals surface area (Å²) >= 11 is 0. The number of carbonyl (C=O) groups excluding carboxylic acids is 1. The molecule has 3 rings (SSSR count). The van der Waals surface area contributed by atoms with Crippen LogP contribution in [-0.4, -0.2) is 11.1 Å². The van der Waals surface area contributed by atoms with E-state index in [0.29, 0.717) is 22.6 Å². The van der Waals surface area contributed by atoms with Crippen molar-refractivity contribution in [3.05, 3.63) is 77.1 Å². The highest BCUT2D eigenvalue weighted by atomic mass is 19.2. The highest BCUT2D eigenvalue weighted by Crippen LogP contribution is 2.26. The molecule has 0 fully saturated rings. The van der Waals surface area contributed by atoms with E-state index in [4.69, 9.17) is 4.52 Å². The third-order valence-corrected chi connectivity index (χ3v) is 3.93. The van der Waals surface area contributed by atoms with Gasteiger partial charge in [0, 0.05) is 5.56 Å². The number of rotatable bonds is 4. The summed E-state index contributed by atoms with van der Waals surface area (Å²) in [6, 6.07) is 12.2. The molecule has 25 heavy (non-hydrogen) atoms. The van der Waals surface area contributed by atoms with Crippen LogP contribution in [0.4, 0.5) is 8.78 Å². The molecule has 0 radical (unpaired) electrons. The third kappa shape index (κ3) is 3.42. The smallest absolute Gasteiger partial charge is 0.257 e. The lowest BCUT2D eigenvalue weighted by molar-refractivity contribution is 0.0939. The van der Waals surface area contributed by atoms with Gasteiger partial charge in [0.25, 0.3) is 5.91 Å². The van der Waals surface area contributed by atoms with Crippen LogP contribution in [0.3, 0.4) is 0 Å². The number of hydrogen-bond donors (Lipinski definition) is 1. The summed E-state index contributed by atoms with van der Waals surface area (Å²) in [6.07, 6.45) is 0. The molecule has 2 aromatic carbocycles. The number of halogens is 2. The molecule has 0 bridgehead atoms. The molecule has 6 heteroatoms. The van der Waals surface area contributed by atoms with Crippen LogP contribution in [0.15, 0.2) is 53.1 Å². The normalized spacial score (nSPS) is 12.0. The van der Waals surface area contributed by atoms with Crippen molar-refractivity contribution in [1.82, 2.24) is 10.5 Å². The lowest BCUT2D eigenvalue weighted by Crippen LogP contribution is -2.27. The van der Waals surface area contributed by atoms with Gasteiger partial charge in [-0.05, 0) is 31.5 Å². The van der Waals surface area contributed by atoms with Crippen molar-refractivity contribution in [3.8, 4) is 11.3 Å². The fourth-order valence-corrected chi connectivity index (χ4v) is 2.57. The Labute approximate surface area is 143 Å². The first-order chi connectivity index (χ1) is 12.0. The van der Waals surface area contributed by atoms with Gasteiger partial charge in [0.05, 0.1) is 6.04 Å². The average molecular weight is 342 g/mol. The second-order valence-corrected chi connectivity index (χ2v) is 5.70. The molecular formula is C19H16F2N2O2. The lowest BCUT2D eigenvalue weighted by Gasteiger charge is -2.14. The van der Waals surface area contributed by atoms with E-state index in [0.717, 1.165) is 17.7 Å². The van der Waals surface area contributed by atoms with Gasteiger partial charge in [-0.25, -0.2) is 8.78 Å². The molecule has 0 aliphatic heterocycles. The maximum absolute atomic E-state index is 13.4. The Morgan fingerprint density at radius 1 is 1.12 bits per heavy atom. The number of nitrogens with zero attached hydrogens (tertiary/aromatic N) is 1. The van der Waals surface area contributed by atoms with Crippen molar-refractivity contribution in [2.75, 3.05) is 0 Å². The SMILES string of the molecule is Cc1onc(-c2ccccc2)c1C(=O)NC(C)c1ccc(F)c(F)c1. The van der Waals surface area contributed by atoms with Gasteiger partial charge in [-0.15, -0.1) is 0 Å². The van der Waals surface area contributed by atoms with Crippen molar-refractivity contribution in [2.45, 2.75) is 19.9 Å². The summed E-state index contributed by atoms with van der Waals surface area (Å²) in [6.45, 7) is 3.34. The summed E-state index contributed by atoms with van der Waals surface area (Å²) in [4.78, 5) is 12.7. The van der Waals surface area contributed by atoms with Gasteiger partial charge < -0.3 is 9.84 Å². The minimum atomic E-state index is -0.954. The first kappa shape index (κ1) is 16.8. The molecule has 1 amide bonds. The van der Waals surface area contributed by atoms with Crippen LogP contribution < -0.4 is 5.32 Å². The Morgan fingerprint density at radius 3 is 2.52 bits per heavy atom. The van der Waals surface area contributed by atoms with Crippen molar-refractivity contribution < 1.29 is 18.1 Å². The zero-order valence-electron chi connectivity index (χ0n) is 13.7. The average Bonchev–Trinajstić information content (AvgIpc) is 2.99. The van der Waals surface area contributed by atoms with Crippen LogP contribution in [-0.2, 0) is 0 Å². The van der Waals surface area contributed by atoms with Crippen molar-refractivity contribution in [2.24, 2.45) is 0 Å². The van der Waals surface area contributed by atoms with Gasteiger partial charge in [-0.2, -0.15) is 0 Å². The molecule has 0 spiro atoms. The largest absolute Gasteiger partial charge is 0.360 e. The number of amides is 1. The van der Waals surface area contributed by atoms with Crippen LogP contribution in [0.5, 0.6) is 0 Å². The molecule has 0 aliphatic rings. The second kappa shape index (κ2) is 6.84. The van der Waals surface area contributed by atoms with Gasteiger partial charge in [-0.1, -0.05) is 41.6 Å². The number of aryl methyl sites for hydroxylation is 1. The molecule has 0 saturated carbocycles. The standard InChI is InChI=1S/C19H16F2N2O2/c1-11(14-8-9-15(20)16(21)10-14)22-19(24)17-12(2)25-23-18(17)13-6-4-3-5-7-13/h3-11H,1-2H3,(H,22,24). The van der Waals surface area contributed by atoms with E-state index < -0.39 is 23.6 Å². The molecule has 0 aliphatic carbocycles. The fraction of sp³-hybridized carbons (Fsp3) is 0.158. The van der Waals surface area contributed by atoms with Gasteiger partial charge in [-0.3, -0.25) is 4.79 Å². The minimum absolute atomic E-state index is 0.320. The molecule has 128 valence electrons. The maximum atomic E-state index is 13.4. The predicted molar refractivity (Wildman–Crippen MR) is 88.9 cm³/mol. The monoisotopic (exact) mass is 342 g/mol. The van der Waals surface area contributed by atoms with Crippen LogP contribution in [0.1, 0.15) is 34.6 Å². The minimum Gasteiger partial charge on any atom is -0.360 e. The molecule has 1 heterocycles. The van der Waals surface area contributed by atoms with E-state index in [2.05, 4.69) is 10.5 Å². The summed E-state index contributed by atoms with van der Waals surface area (Å²) in [5.41, 5.74) is 1.97. The molecule has 0 saturated heterocycles. The van der Waals surface area contributed by atoms with Gasteiger partial charge in [0.1, 0.15) is 17.0 Å². The fourth-order valence-electron chi connectivity index (χ4n) is 2.57. The molecular weight excluding hydrogens is 326 g/mol.